The Labute approximate surface area is 97.4 Å². The largest absolute Gasteiger partial charge is 0.462 e. The van der Waals surface area contributed by atoms with Gasteiger partial charge in [0.05, 0.1) is 5.39 Å². The molecule has 2 N–H and O–H groups in total. The Morgan fingerprint density at radius 1 is 1.35 bits per heavy atom. The van der Waals surface area contributed by atoms with Gasteiger partial charge in [0.2, 0.25) is 5.43 Å². The SMILES string of the molecule is CCNC(=O)Nc1coc2ccccc2c1=O. The van der Waals surface area contributed by atoms with Crippen molar-refractivity contribution in [2.24, 2.45) is 0 Å². The first-order chi connectivity index (χ1) is 8.22. The summed E-state index contributed by atoms with van der Waals surface area (Å²) in [5.41, 5.74) is 0.381. The van der Waals surface area contributed by atoms with Crippen molar-refractivity contribution in [1.29, 1.82) is 0 Å². The zero-order chi connectivity index (χ0) is 12.3. The molecule has 1 aromatic heterocycles. The van der Waals surface area contributed by atoms with Crippen LogP contribution in [0.3, 0.4) is 0 Å². The van der Waals surface area contributed by atoms with Gasteiger partial charge in [0.15, 0.2) is 0 Å². The van der Waals surface area contributed by atoms with E-state index in [0.717, 1.165) is 0 Å². The van der Waals surface area contributed by atoms with Crippen LogP contribution in [0.4, 0.5) is 10.5 Å². The van der Waals surface area contributed by atoms with Crippen molar-refractivity contribution in [3.63, 3.8) is 0 Å². The van der Waals surface area contributed by atoms with Crippen molar-refractivity contribution >= 4 is 22.7 Å². The number of benzene rings is 1. The summed E-state index contributed by atoms with van der Waals surface area (Å²) in [6.07, 6.45) is 1.25. The number of hydrogen-bond donors (Lipinski definition) is 2. The second-order valence-corrected chi connectivity index (χ2v) is 3.46. The highest BCUT2D eigenvalue weighted by Crippen LogP contribution is 2.12. The highest BCUT2D eigenvalue weighted by Gasteiger charge is 2.08. The Balaban J connectivity index is 2.39. The summed E-state index contributed by atoms with van der Waals surface area (Å²) in [6.45, 7) is 2.28. The lowest BCUT2D eigenvalue weighted by molar-refractivity contribution is 0.252. The number of carbonyl (C=O) groups is 1. The van der Waals surface area contributed by atoms with Gasteiger partial charge in [-0.2, -0.15) is 0 Å². The van der Waals surface area contributed by atoms with Gasteiger partial charge in [-0.05, 0) is 19.1 Å². The van der Waals surface area contributed by atoms with Gasteiger partial charge in [-0.3, -0.25) is 4.79 Å². The Morgan fingerprint density at radius 2 is 2.12 bits per heavy atom. The van der Waals surface area contributed by atoms with Crippen molar-refractivity contribution in [1.82, 2.24) is 5.32 Å². The van der Waals surface area contributed by atoms with E-state index in [4.69, 9.17) is 4.42 Å². The third-order valence-electron chi connectivity index (χ3n) is 2.27. The molecule has 0 fully saturated rings. The number of para-hydroxylation sites is 1. The Morgan fingerprint density at radius 3 is 2.88 bits per heavy atom. The van der Waals surface area contributed by atoms with Gasteiger partial charge in [0.25, 0.3) is 0 Å². The number of nitrogens with one attached hydrogen (secondary N) is 2. The average molecular weight is 232 g/mol. The molecular weight excluding hydrogens is 220 g/mol. The maximum atomic E-state index is 12.0. The summed E-state index contributed by atoms with van der Waals surface area (Å²) in [4.78, 5) is 23.3. The van der Waals surface area contributed by atoms with Crippen molar-refractivity contribution in [2.75, 3.05) is 11.9 Å². The summed E-state index contributed by atoms with van der Waals surface area (Å²) in [6, 6.07) is 6.46. The lowest BCUT2D eigenvalue weighted by Crippen LogP contribution is -2.30. The van der Waals surface area contributed by atoms with E-state index >= 15 is 0 Å². The van der Waals surface area contributed by atoms with E-state index < -0.39 is 6.03 Å². The number of fused-ring (bicyclic) bond motifs is 1. The van der Waals surface area contributed by atoms with Crippen LogP contribution in [-0.4, -0.2) is 12.6 Å². The zero-order valence-electron chi connectivity index (χ0n) is 9.32. The first-order valence-corrected chi connectivity index (χ1v) is 5.27. The van der Waals surface area contributed by atoms with Gasteiger partial charge < -0.3 is 15.1 Å². The molecule has 5 heteroatoms. The van der Waals surface area contributed by atoms with Gasteiger partial charge in [0, 0.05) is 6.54 Å². The Bertz CT molecular complexity index is 604. The molecule has 0 atom stereocenters. The Kier molecular flexibility index (Phi) is 3.09. The van der Waals surface area contributed by atoms with Gasteiger partial charge in [-0.25, -0.2) is 4.79 Å². The number of carbonyl (C=O) groups excluding carboxylic acids is 1. The second-order valence-electron chi connectivity index (χ2n) is 3.46. The summed E-state index contributed by atoms with van der Waals surface area (Å²) in [7, 11) is 0. The fraction of sp³-hybridized carbons (Fsp3) is 0.167. The molecule has 0 unspecified atom stereocenters. The number of anilines is 1. The molecule has 2 rings (SSSR count). The van der Waals surface area contributed by atoms with Crippen LogP contribution >= 0.6 is 0 Å². The smallest absolute Gasteiger partial charge is 0.319 e. The lowest BCUT2D eigenvalue weighted by atomic mass is 10.2. The standard InChI is InChI=1S/C12H12N2O3/c1-2-13-12(16)14-9-7-17-10-6-4-3-5-8(10)11(9)15/h3-7H,2H2,1H3,(H2,13,14,16). The van der Waals surface area contributed by atoms with Crippen LogP contribution in [0, 0.1) is 0 Å². The van der Waals surface area contributed by atoms with Gasteiger partial charge in [0.1, 0.15) is 17.5 Å². The van der Waals surface area contributed by atoms with E-state index in [9.17, 15) is 9.59 Å². The van der Waals surface area contributed by atoms with Crippen molar-refractivity contribution in [3.8, 4) is 0 Å². The summed E-state index contributed by atoms with van der Waals surface area (Å²) in [5.74, 6) is 0. The fourth-order valence-electron chi connectivity index (χ4n) is 1.49. The maximum Gasteiger partial charge on any atom is 0.319 e. The molecule has 1 heterocycles. The van der Waals surface area contributed by atoms with Crippen LogP contribution in [0.15, 0.2) is 39.7 Å². The molecule has 5 nitrogen and oxygen atoms in total. The normalized spacial score (nSPS) is 10.2. The lowest BCUT2D eigenvalue weighted by Gasteiger charge is -2.05. The molecule has 2 aromatic rings. The molecule has 0 saturated carbocycles. The van der Waals surface area contributed by atoms with Crippen molar-refractivity contribution in [2.45, 2.75) is 6.92 Å². The highest BCUT2D eigenvalue weighted by atomic mass is 16.3. The van der Waals surface area contributed by atoms with E-state index in [1.54, 1.807) is 31.2 Å². The van der Waals surface area contributed by atoms with Crippen LogP contribution in [0.25, 0.3) is 11.0 Å². The molecule has 0 spiro atoms. The van der Waals surface area contributed by atoms with E-state index in [-0.39, 0.29) is 11.1 Å². The number of rotatable bonds is 2. The molecule has 0 radical (unpaired) electrons. The molecular formula is C12H12N2O3. The van der Waals surface area contributed by atoms with E-state index in [1.165, 1.54) is 6.26 Å². The van der Waals surface area contributed by atoms with Gasteiger partial charge in [-0.1, -0.05) is 12.1 Å². The first kappa shape index (κ1) is 11.2. The van der Waals surface area contributed by atoms with Crippen LogP contribution in [-0.2, 0) is 0 Å². The molecule has 0 aliphatic rings. The van der Waals surface area contributed by atoms with E-state index in [2.05, 4.69) is 10.6 Å². The number of hydrogen-bond acceptors (Lipinski definition) is 3. The number of urea groups is 1. The minimum absolute atomic E-state index is 0.134. The van der Waals surface area contributed by atoms with E-state index in [0.29, 0.717) is 17.5 Å². The Hall–Kier alpha value is -2.30. The quantitative estimate of drug-likeness (QED) is 0.831. The van der Waals surface area contributed by atoms with Crippen molar-refractivity contribution < 1.29 is 9.21 Å². The minimum Gasteiger partial charge on any atom is -0.462 e. The molecule has 0 saturated heterocycles. The molecule has 17 heavy (non-hydrogen) atoms. The van der Waals surface area contributed by atoms with E-state index in [1.807, 2.05) is 0 Å². The van der Waals surface area contributed by atoms with Crippen molar-refractivity contribution in [3.05, 3.63) is 40.8 Å². The third-order valence-corrected chi connectivity index (χ3v) is 2.27. The van der Waals surface area contributed by atoms with Gasteiger partial charge >= 0.3 is 6.03 Å². The zero-order valence-corrected chi connectivity index (χ0v) is 9.32. The number of amides is 2. The van der Waals surface area contributed by atoms with Gasteiger partial charge in [-0.15, -0.1) is 0 Å². The average Bonchev–Trinajstić information content (AvgIpc) is 2.33. The predicted molar refractivity (Wildman–Crippen MR) is 65.2 cm³/mol. The molecule has 88 valence electrons. The van der Waals surface area contributed by atoms with Crippen LogP contribution < -0.4 is 16.1 Å². The van der Waals surface area contributed by atoms with Crippen LogP contribution in [0.5, 0.6) is 0 Å². The first-order valence-electron chi connectivity index (χ1n) is 5.27. The maximum absolute atomic E-state index is 12.0. The van der Waals surface area contributed by atoms with Crippen LogP contribution in [0.1, 0.15) is 6.92 Å². The van der Waals surface area contributed by atoms with Crippen LogP contribution in [0.2, 0.25) is 0 Å². The molecule has 0 aliphatic carbocycles. The molecule has 0 aliphatic heterocycles. The third kappa shape index (κ3) is 2.28. The molecule has 0 bridgehead atoms. The highest BCUT2D eigenvalue weighted by molar-refractivity contribution is 5.91. The minimum atomic E-state index is -0.421. The molecule has 2 amide bonds. The summed E-state index contributed by atoms with van der Waals surface area (Å²) >= 11 is 0. The second kappa shape index (κ2) is 4.69. The fourth-order valence-corrected chi connectivity index (χ4v) is 1.49. The summed E-state index contributed by atoms with van der Waals surface area (Å²) in [5, 5.41) is 5.43. The summed E-state index contributed by atoms with van der Waals surface area (Å²) < 4.78 is 5.26. The predicted octanol–water partition coefficient (Wildman–Crippen LogP) is 1.93. The monoisotopic (exact) mass is 232 g/mol. The molecule has 1 aromatic carbocycles. The topological polar surface area (TPSA) is 71.3 Å².